The maximum atomic E-state index is 12.2. The van der Waals surface area contributed by atoms with E-state index in [4.69, 9.17) is 11.5 Å². The highest BCUT2D eigenvalue weighted by atomic mass is 16.1. The van der Waals surface area contributed by atoms with Gasteiger partial charge in [-0.1, -0.05) is 60.7 Å². The molecule has 23 heavy (non-hydrogen) atoms. The monoisotopic (exact) mass is 310 g/mol. The van der Waals surface area contributed by atoms with Gasteiger partial charge in [0.1, 0.15) is 0 Å². The topological polar surface area (TPSA) is 86.2 Å². The number of nitrogens with two attached hydrogens (primary N) is 2. The fourth-order valence-corrected chi connectivity index (χ4v) is 2.45. The quantitative estimate of drug-likeness (QED) is 0.734. The molecular weight excluding hydrogens is 288 g/mol. The average molecular weight is 310 g/mol. The number of hydrogen-bond acceptors (Lipinski definition) is 4. The predicted octanol–water partition coefficient (Wildman–Crippen LogP) is 2.58. The van der Waals surface area contributed by atoms with Gasteiger partial charge in [-0.3, -0.25) is 9.59 Å². The van der Waals surface area contributed by atoms with Gasteiger partial charge in [0.05, 0.1) is 12.1 Å². The summed E-state index contributed by atoms with van der Waals surface area (Å²) in [6.45, 7) is 0. The highest BCUT2D eigenvalue weighted by Gasteiger charge is 2.18. The van der Waals surface area contributed by atoms with E-state index in [-0.39, 0.29) is 11.6 Å². The van der Waals surface area contributed by atoms with Crippen molar-refractivity contribution < 1.29 is 9.59 Å². The molecule has 4 nitrogen and oxygen atoms in total. The Bertz CT molecular complexity index is 583. The standard InChI is InChI=1S/C19H22N2O2/c20-16(18(22)14-8-3-1-4-9-14)12-7-13-17(21)19(23)15-10-5-2-6-11-15/h1-6,8-11,16-17H,7,12-13,20-21H2. The Hall–Kier alpha value is -2.30. The second-order valence-electron chi connectivity index (χ2n) is 5.60. The molecule has 0 saturated carbocycles. The number of ketones is 2. The van der Waals surface area contributed by atoms with Crippen LogP contribution in [0.25, 0.3) is 0 Å². The Morgan fingerprint density at radius 3 is 1.39 bits per heavy atom. The second kappa shape index (κ2) is 8.36. The van der Waals surface area contributed by atoms with Gasteiger partial charge in [-0.25, -0.2) is 0 Å². The fourth-order valence-electron chi connectivity index (χ4n) is 2.45. The molecule has 0 saturated heterocycles. The van der Waals surface area contributed by atoms with Crippen LogP contribution < -0.4 is 11.5 Å². The first-order valence-electron chi connectivity index (χ1n) is 7.79. The molecule has 120 valence electrons. The average Bonchev–Trinajstić information content (AvgIpc) is 2.61. The third-order valence-corrected chi connectivity index (χ3v) is 3.82. The van der Waals surface area contributed by atoms with E-state index in [9.17, 15) is 9.59 Å². The minimum absolute atomic E-state index is 0.0754. The summed E-state index contributed by atoms with van der Waals surface area (Å²) in [4.78, 5) is 24.3. The van der Waals surface area contributed by atoms with Crippen LogP contribution in [0.1, 0.15) is 40.0 Å². The van der Waals surface area contributed by atoms with Crippen molar-refractivity contribution in [2.24, 2.45) is 11.5 Å². The van der Waals surface area contributed by atoms with E-state index in [1.54, 1.807) is 24.3 Å². The van der Waals surface area contributed by atoms with Crippen LogP contribution >= 0.6 is 0 Å². The van der Waals surface area contributed by atoms with Gasteiger partial charge in [-0.15, -0.1) is 0 Å². The van der Waals surface area contributed by atoms with Crippen molar-refractivity contribution in [2.45, 2.75) is 31.3 Å². The van der Waals surface area contributed by atoms with Crippen LogP contribution in [0.4, 0.5) is 0 Å². The van der Waals surface area contributed by atoms with Crippen LogP contribution in [0.2, 0.25) is 0 Å². The molecule has 0 heterocycles. The number of benzene rings is 2. The van der Waals surface area contributed by atoms with E-state index in [2.05, 4.69) is 0 Å². The molecule has 0 spiro atoms. The Balaban J connectivity index is 1.80. The van der Waals surface area contributed by atoms with Gasteiger partial charge in [-0.05, 0) is 19.3 Å². The van der Waals surface area contributed by atoms with E-state index in [0.717, 1.165) is 0 Å². The lowest BCUT2D eigenvalue weighted by Crippen LogP contribution is -2.33. The van der Waals surface area contributed by atoms with Gasteiger partial charge in [0.15, 0.2) is 11.6 Å². The zero-order chi connectivity index (χ0) is 16.7. The van der Waals surface area contributed by atoms with Crippen LogP contribution in [0.15, 0.2) is 60.7 Å². The van der Waals surface area contributed by atoms with E-state index >= 15 is 0 Å². The molecule has 0 amide bonds. The molecule has 2 unspecified atom stereocenters. The number of carbonyl (C=O) groups excluding carboxylic acids is 2. The van der Waals surface area contributed by atoms with E-state index in [1.807, 2.05) is 36.4 Å². The molecule has 4 N–H and O–H groups in total. The van der Waals surface area contributed by atoms with Crippen molar-refractivity contribution in [3.63, 3.8) is 0 Å². The van der Waals surface area contributed by atoms with Crippen LogP contribution in [-0.4, -0.2) is 23.7 Å². The lowest BCUT2D eigenvalue weighted by Gasteiger charge is -2.13. The highest BCUT2D eigenvalue weighted by molar-refractivity contribution is 6.00. The van der Waals surface area contributed by atoms with Crippen LogP contribution in [0.3, 0.4) is 0 Å². The molecule has 0 aromatic heterocycles. The molecule has 2 aromatic rings. The maximum absolute atomic E-state index is 12.2. The minimum Gasteiger partial charge on any atom is -0.321 e. The van der Waals surface area contributed by atoms with Crippen molar-refractivity contribution in [3.8, 4) is 0 Å². The van der Waals surface area contributed by atoms with Crippen LogP contribution in [0.5, 0.6) is 0 Å². The van der Waals surface area contributed by atoms with Crippen molar-refractivity contribution in [1.82, 2.24) is 0 Å². The Labute approximate surface area is 136 Å². The van der Waals surface area contributed by atoms with E-state index in [1.165, 1.54) is 0 Å². The summed E-state index contributed by atoms with van der Waals surface area (Å²) in [6, 6.07) is 16.9. The molecular formula is C19H22N2O2. The van der Waals surface area contributed by atoms with E-state index < -0.39 is 12.1 Å². The Morgan fingerprint density at radius 1 is 0.696 bits per heavy atom. The van der Waals surface area contributed by atoms with Gasteiger partial charge in [0.25, 0.3) is 0 Å². The van der Waals surface area contributed by atoms with Gasteiger partial charge in [-0.2, -0.15) is 0 Å². The van der Waals surface area contributed by atoms with Crippen molar-refractivity contribution in [1.29, 1.82) is 0 Å². The van der Waals surface area contributed by atoms with Gasteiger partial charge >= 0.3 is 0 Å². The molecule has 2 atom stereocenters. The summed E-state index contributed by atoms with van der Waals surface area (Å²) in [6.07, 6.45) is 1.67. The highest BCUT2D eigenvalue weighted by Crippen LogP contribution is 2.11. The van der Waals surface area contributed by atoms with Crippen LogP contribution in [-0.2, 0) is 0 Å². The zero-order valence-electron chi connectivity index (χ0n) is 13.0. The zero-order valence-corrected chi connectivity index (χ0v) is 13.0. The number of Topliss-reactive ketones (excluding diaryl/α,β-unsaturated/α-hetero) is 2. The van der Waals surface area contributed by atoms with Gasteiger partial charge in [0.2, 0.25) is 0 Å². The molecule has 0 aliphatic rings. The van der Waals surface area contributed by atoms with Gasteiger partial charge < -0.3 is 11.5 Å². The number of rotatable bonds is 8. The molecule has 2 rings (SSSR count). The molecule has 2 aromatic carbocycles. The first kappa shape index (κ1) is 17.1. The lowest BCUT2D eigenvalue weighted by atomic mass is 9.96. The maximum Gasteiger partial charge on any atom is 0.179 e. The molecule has 0 aliphatic carbocycles. The first-order chi connectivity index (χ1) is 11.1. The number of carbonyl (C=O) groups is 2. The largest absolute Gasteiger partial charge is 0.321 e. The summed E-state index contributed by atoms with van der Waals surface area (Å²) in [5.41, 5.74) is 13.1. The predicted molar refractivity (Wildman–Crippen MR) is 91.3 cm³/mol. The molecule has 0 radical (unpaired) electrons. The fraction of sp³-hybridized carbons (Fsp3) is 0.263. The second-order valence-corrected chi connectivity index (χ2v) is 5.60. The summed E-state index contributed by atoms with van der Waals surface area (Å²) in [7, 11) is 0. The normalized spacial score (nSPS) is 13.3. The molecule has 4 heteroatoms. The number of hydrogen-bond donors (Lipinski definition) is 2. The molecule has 0 aliphatic heterocycles. The summed E-state index contributed by atoms with van der Waals surface area (Å²) < 4.78 is 0. The van der Waals surface area contributed by atoms with Crippen molar-refractivity contribution >= 4 is 11.6 Å². The smallest absolute Gasteiger partial charge is 0.179 e. The van der Waals surface area contributed by atoms with E-state index in [0.29, 0.717) is 30.4 Å². The molecule has 0 bridgehead atoms. The summed E-state index contributed by atoms with van der Waals surface area (Å²) in [5.74, 6) is -0.151. The van der Waals surface area contributed by atoms with Crippen molar-refractivity contribution in [3.05, 3.63) is 71.8 Å². The third kappa shape index (κ3) is 4.84. The summed E-state index contributed by atoms with van der Waals surface area (Å²) >= 11 is 0. The van der Waals surface area contributed by atoms with Crippen molar-refractivity contribution in [2.75, 3.05) is 0 Å². The lowest BCUT2D eigenvalue weighted by molar-refractivity contribution is 0.0951. The van der Waals surface area contributed by atoms with Crippen LogP contribution in [0, 0.1) is 0 Å². The summed E-state index contributed by atoms with van der Waals surface area (Å²) in [5, 5.41) is 0. The first-order valence-corrected chi connectivity index (χ1v) is 7.79. The Kier molecular flexibility index (Phi) is 6.20. The Morgan fingerprint density at radius 2 is 1.04 bits per heavy atom. The SMILES string of the molecule is NC(CCCC(N)C(=O)c1ccccc1)C(=O)c1ccccc1. The third-order valence-electron chi connectivity index (χ3n) is 3.82. The minimum atomic E-state index is -0.559. The van der Waals surface area contributed by atoms with Gasteiger partial charge in [0, 0.05) is 11.1 Å². The molecule has 0 fully saturated rings.